The molecule has 0 saturated carbocycles. The Bertz CT molecular complexity index is 363. The zero-order chi connectivity index (χ0) is 12.7. The first-order valence-corrected chi connectivity index (χ1v) is 6.19. The lowest BCUT2D eigenvalue weighted by Crippen LogP contribution is -2.23. The van der Waals surface area contributed by atoms with E-state index in [1.807, 2.05) is 32.0 Å². The Kier molecular flexibility index (Phi) is 5.70. The minimum atomic E-state index is -0.0678. The van der Waals surface area contributed by atoms with Gasteiger partial charge >= 0.3 is 0 Å². The summed E-state index contributed by atoms with van der Waals surface area (Å²) in [5, 5.41) is 0. The van der Waals surface area contributed by atoms with Crippen LogP contribution in [-0.4, -0.2) is 18.4 Å². The molecule has 3 nitrogen and oxygen atoms in total. The van der Waals surface area contributed by atoms with Crippen LogP contribution in [0.3, 0.4) is 0 Å². The first-order chi connectivity index (χ1) is 8.19. The van der Waals surface area contributed by atoms with Crippen LogP contribution in [0.4, 0.5) is 0 Å². The third-order valence-electron chi connectivity index (χ3n) is 2.62. The summed E-state index contributed by atoms with van der Waals surface area (Å²) < 4.78 is 5.56. The smallest absolute Gasteiger partial charge is 0.168 e. The molecule has 2 N–H and O–H groups in total. The van der Waals surface area contributed by atoms with E-state index in [1.165, 1.54) is 0 Å². The third kappa shape index (κ3) is 4.19. The lowest BCUT2D eigenvalue weighted by atomic mass is 10.0. The van der Waals surface area contributed by atoms with Gasteiger partial charge in [-0.2, -0.15) is 0 Å². The maximum Gasteiger partial charge on any atom is 0.168 e. The largest absolute Gasteiger partial charge is 0.493 e. The number of hydrogen-bond acceptors (Lipinski definition) is 3. The van der Waals surface area contributed by atoms with Gasteiger partial charge in [0.05, 0.1) is 12.2 Å². The Morgan fingerprint density at radius 3 is 2.71 bits per heavy atom. The van der Waals surface area contributed by atoms with Crippen molar-refractivity contribution in [3.8, 4) is 5.75 Å². The molecule has 0 saturated heterocycles. The molecular weight excluding hydrogens is 214 g/mol. The molecule has 0 aliphatic rings. The number of carbonyl (C=O) groups is 1. The van der Waals surface area contributed by atoms with Crippen molar-refractivity contribution in [3.63, 3.8) is 0 Å². The van der Waals surface area contributed by atoms with E-state index in [-0.39, 0.29) is 11.8 Å². The molecule has 0 aromatic heterocycles. The van der Waals surface area contributed by atoms with E-state index in [0.29, 0.717) is 24.3 Å². The van der Waals surface area contributed by atoms with Crippen LogP contribution in [0.2, 0.25) is 0 Å². The van der Waals surface area contributed by atoms with Gasteiger partial charge in [-0.05, 0) is 25.0 Å². The molecular formula is C14H21NO2. The van der Waals surface area contributed by atoms with Crippen molar-refractivity contribution < 1.29 is 9.53 Å². The Morgan fingerprint density at radius 1 is 1.35 bits per heavy atom. The van der Waals surface area contributed by atoms with Gasteiger partial charge in [-0.15, -0.1) is 0 Å². The first-order valence-electron chi connectivity index (χ1n) is 6.19. The van der Waals surface area contributed by atoms with Crippen LogP contribution in [-0.2, 0) is 0 Å². The Hall–Kier alpha value is -1.35. The van der Waals surface area contributed by atoms with E-state index < -0.39 is 0 Å². The van der Waals surface area contributed by atoms with Crippen LogP contribution in [0, 0.1) is 0 Å². The number of ketones is 1. The summed E-state index contributed by atoms with van der Waals surface area (Å²) in [6, 6.07) is 7.29. The van der Waals surface area contributed by atoms with Gasteiger partial charge in [-0.1, -0.05) is 26.0 Å². The van der Waals surface area contributed by atoms with E-state index in [9.17, 15) is 4.79 Å². The summed E-state index contributed by atoms with van der Waals surface area (Å²) in [5.41, 5.74) is 6.44. The van der Waals surface area contributed by atoms with Crippen molar-refractivity contribution in [1.82, 2.24) is 0 Å². The van der Waals surface area contributed by atoms with Crippen LogP contribution in [0.5, 0.6) is 5.75 Å². The van der Waals surface area contributed by atoms with E-state index >= 15 is 0 Å². The van der Waals surface area contributed by atoms with Crippen molar-refractivity contribution in [2.75, 3.05) is 6.61 Å². The predicted molar refractivity (Wildman–Crippen MR) is 69.4 cm³/mol. The van der Waals surface area contributed by atoms with Gasteiger partial charge in [-0.3, -0.25) is 4.79 Å². The maximum absolute atomic E-state index is 12.0. The summed E-state index contributed by atoms with van der Waals surface area (Å²) >= 11 is 0. The van der Waals surface area contributed by atoms with Crippen LogP contribution in [0.25, 0.3) is 0 Å². The van der Waals surface area contributed by atoms with Gasteiger partial charge in [0.15, 0.2) is 5.78 Å². The van der Waals surface area contributed by atoms with Gasteiger partial charge in [-0.25, -0.2) is 0 Å². The van der Waals surface area contributed by atoms with Crippen LogP contribution >= 0.6 is 0 Å². The van der Waals surface area contributed by atoms with Gasteiger partial charge < -0.3 is 10.5 Å². The van der Waals surface area contributed by atoms with E-state index in [2.05, 4.69) is 0 Å². The normalized spacial score (nSPS) is 12.2. The number of nitrogens with two attached hydrogens (primary N) is 1. The maximum atomic E-state index is 12.0. The average Bonchev–Trinajstić information content (AvgIpc) is 2.36. The number of hydrogen-bond donors (Lipinski definition) is 1. The summed E-state index contributed by atoms with van der Waals surface area (Å²) in [6.45, 7) is 4.65. The minimum Gasteiger partial charge on any atom is -0.493 e. The first kappa shape index (κ1) is 13.7. The Labute approximate surface area is 103 Å². The second-order valence-electron chi connectivity index (χ2n) is 4.14. The van der Waals surface area contributed by atoms with E-state index in [1.54, 1.807) is 6.07 Å². The van der Waals surface area contributed by atoms with Gasteiger partial charge in [0.2, 0.25) is 0 Å². The molecule has 0 radical (unpaired) electrons. The fraction of sp³-hybridized carbons (Fsp3) is 0.500. The van der Waals surface area contributed by atoms with E-state index in [0.717, 1.165) is 12.8 Å². The Morgan fingerprint density at radius 2 is 2.06 bits per heavy atom. The third-order valence-corrected chi connectivity index (χ3v) is 2.62. The summed E-state index contributed by atoms with van der Waals surface area (Å²) in [4.78, 5) is 12.0. The van der Waals surface area contributed by atoms with Crippen LogP contribution in [0.15, 0.2) is 24.3 Å². The lowest BCUT2D eigenvalue weighted by Gasteiger charge is -2.12. The highest BCUT2D eigenvalue weighted by atomic mass is 16.5. The quantitative estimate of drug-likeness (QED) is 0.739. The molecule has 0 aliphatic heterocycles. The second kappa shape index (κ2) is 7.07. The highest BCUT2D eigenvalue weighted by Gasteiger charge is 2.14. The van der Waals surface area contributed by atoms with Crippen molar-refractivity contribution in [3.05, 3.63) is 29.8 Å². The molecule has 0 amide bonds. The van der Waals surface area contributed by atoms with Crippen LogP contribution < -0.4 is 10.5 Å². The topological polar surface area (TPSA) is 52.3 Å². The molecule has 0 bridgehead atoms. The molecule has 0 heterocycles. The summed E-state index contributed by atoms with van der Waals surface area (Å²) in [6.07, 6.45) is 2.11. The predicted octanol–water partition coefficient (Wildman–Crippen LogP) is 2.79. The molecule has 0 fully saturated rings. The fourth-order valence-electron chi connectivity index (χ4n) is 1.53. The fourth-order valence-corrected chi connectivity index (χ4v) is 1.53. The minimum absolute atomic E-state index is 0.0612. The molecule has 1 aromatic rings. The number of carbonyl (C=O) groups excluding carboxylic acids is 1. The zero-order valence-corrected chi connectivity index (χ0v) is 10.6. The number of Topliss-reactive ketones (excluding diaryl/α,β-unsaturated/α-hetero) is 1. The molecule has 17 heavy (non-hydrogen) atoms. The monoisotopic (exact) mass is 235 g/mol. The van der Waals surface area contributed by atoms with Gasteiger partial charge in [0, 0.05) is 12.5 Å². The molecule has 94 valence electrons. The molecule has 1 aromatic carbocycles. The zero-order valence-electron chi connectivity index (χ0n) is 10.6. The van der Waals surface area contributed by atoms with E-state index in [4.69, 9.17) is 10.5 Å². The van der Waals surface area contributed by atoms with Crippen molar-refractivity contribution in [2.24, 2.45) is 5.73 Å². The summed E-state index contributed by atoms with van der Waals surface area (Å²) in [5.74, 6) is 0.730. The van der Waals surface area contributed by atoms with Gasteiger partial charge in [0.1, 0.15) is 5.75 Å². The van der Waals surface area contributed by atoms with Crippen LogP contribution in [0.1, 0.15) is 43.5 Å². The standard InChI is InChI=1S/C14H21NO2/c1-3-9-17-14-8-6-5-7-12(14)13(16)10-11(15)4-2/h5-8,11H,3-4,9-10,15H2,1-2H3. The molecule has 3 heteroatoms. The van der Waals surface area contributed by atoms with Crippen molar-refractivity contribution in [2.45, 2.75) is 39.2 Å². The molecule has 1 unspecified atom stereocenters. The molecule has 1 rings (SSSR count). The van der Waals surface area contributed by atoms with Gasteiger partial charge in [0.25, 0.3) is 0 Å². The molecule has 0 aliphatic carbocycles. The second-order valence-corrected chi connectivity index (χ2v) is 4.14. The number of rotatable bonds is 7. The van der Waals surface area contributed by atoms with Crippen molar-refractivity contribution in [1.29, 1.82) is 0 Å². The molecule has 0 spiro atoms. The SMILES string of the molecule is CCCOc1ccccc1C(=O)CC(N)CC. The number of para-hydroxylation sites is 1. The van der Waals surface area contributed by atoms with Crippen molar-refractivity contribution >= 4 is 5.78 Å². The highest BCUT2D eigenvalue weighted by Crippen LogP contribution is 2.20. The lowest BCUT2D eigenvalue weighted by molar-refractivity contribution is 0.0970. The number of benzene rings is 1. The summed E-state index contributed by atoms with van der Waals surface area (Å²) in [7, 11) is 0. The average molecular weight is 235 g/mol. The highest BCUT2D eigenvalue weighted by molar-refractivity contribution is 5.98. The number of ether oxygens (including phenoxy) is 1. The molecule has 1 atom stereocenters. The Balaban J connectivity index is 2.77.